The normalized spacial score (nSPS) is 11.5. The van der Waals surface area contributed by atoms with E-state index in [0.29, 0.717) is 5.82 Å². The number of anilines is 1. The number of hydrogen-bond donors (Lipinski definition) is 2. The highest BCUT2D eigenvalue weighted by molar-refractivity contribution is 5.33. The molecule has 1 rings (SSSR count). The number of aromatic nitrogens is 2. The van der Waals surface area contributed by atoms with E-state index in [-0.39, 0.29) is 11.0 Å². The summed E-state index contributed by atoms with van der Waals surface area (Å²) in [7, 11) is 0. The summed E-state index contributed by atoms with van der Waals surface area (Å²) >= 11 is 0. The number of hydrogen-bond acceptors (Lipinski definition) is 3. The highest BCUT2D eigenvalue weighted by atomic mass is 16.1. The Hall–Kier alpha value is -1.32. The van der Waals surface area contributed by atoms with E-state index in [9.17, 15) is 4.79 Å². The van der Waals surface area contributed by atoms with Gasteiger partial charge in [0.2, 0.25) is 0 Å². The van der Waals surface area contributed by atoms with E-state index in [1.54, 1.807) is 0 Å². The first-order valence-electron chi connectivity index (χ1n) is 5.81. The molecule has 4 nitrogen and oxygen atoms in total. The van der Waals surface area contributed by atoms with Crippen molar-refractivity contribution >= 4 is 5.82 Å². The van der Waals surface area contributed by atoms with Crippen LogP contribution in [0.3, 0.4) is 0 Å². The predicted molar refractivity (Wildman–Crippen MR) is 66.8 cm³/mol. The Bertz CT molecular complexity index is 395. The molecule has 16 heavy (non-hydrogen) atoms. The molecule has 4 heteroatoms. The van der Waals surface area contributed by atoms with E-state index in [1.807, 2.05) is 6.92 Å². The molecule has 0 spiro atoms. The van der Waals surface area contributed by atoms with E-state index in [4.69, 9.17) is 0 Å². The molecule has 0 aliphatic heterocycles. The average molecular weight is 223 g/mol. The fraction of sp³-hybridized carbons (Fsp3) is 0.667. The van der Waals surface area contributed by atoms with Crippen LogP contribution >= 0.6 is 0 Å². The fourth-order valence-corrected chi connectivity index (χ4v) is 1.22. The summed E-state index contributed by atoms with van der Waals surface area (Å²) in [6, 6.07) is 1.50. The third-order valence-corrected chi connectivity index (χ3v) is 2.83. The second-order valence-electron chi connectivity index (χ2n) is 4.80. The fourth-order valence-electron chi connectivity index (χ4n) is 1.22. The van der Waals surface area contributed by atoms with Crippen molar-refractivity contribution in [2.24, 2.45) is 5.41 Å². The summed E-state index contributed by atoms with van der Waals surface area (Å²) in [4.78, 5) is 18.4. The van der Waals surface area contributed by atoms with Gasteiger partial charge in [0.15, 0.2) is 0 Å². The Morgan fingerprint density at radius 1 is 1.44 bits per heavy atom. The van der Waals surface area contributed by atoms with E-state index < -0.39 is 0 Å². The Balaban J connectivity index is 2.74. The van der Waals surface area contributed by atoms with Crippen LogP contribution in [0.5, 0.6) is 0 Å². The summed E-state index contributed by atoms with van der Waals surface area (Å²) in [5, 5.41) is 3.22. The van der Waals surface area contributed by atoms with Crippen molar-refractivity contribution in [2.45, 2.75) is 40.5 Å². The highest BCUT2D eigenvalue weighted by Crippen LogP contribution is 2.19. The second kappa shape index (κ2) is 5.14. The summed E-state index contributed by atoms with van der Waals surface area (Å²) in [6.45, 7) is 9.33. The van der Waals surface area contributed by atoms with Crippen LogP contribution in [-0.2, 0) is 6.42 Å². The van der Waals surface area contributed by atoms with Crippen LogP contribution in [0.2, 0.25) is 0 Å². The molecule has 0 radical (unpaired) electrons. The molecule has 0 aliphatic rings. The van der Waals surface area contributed by atoms with Crippen molar-refractivity contribution in [3.05, 3.63) is 22.2 Å². The van der Waals surface area contributed by atoms with Gasteiger partial charge in [0, 0.05) is 19.0 Å². The van der Waals surface area contributed by atoms with E-state index >= 15 is 0 Å². The maximum atomic E-state index is 11.3. The molecule has 1 aromatic rings. The van der Waals surface area contributed by atoms with Gasteiger partial charge >= 0.3 is 0 Å². The Morgan fingerprint density at radius 2 is 2.12 bits per heavy atom. The zero-order valence-corrected chi connectivity index (χ0v) is 10.6. The number of nitrogens with zero attached hydrogens (tertiary/aromatic N) is 1. The lowest BCUT2D eigenvalue weighted by molar-refractivity contribution is 0.376. The molecule has 0 aromatic carbocycles. The number of aromatic amines is 1. The van der Waals surface area contributed by atoms with Crippen LogP contribution in [0.1, 0.15) is 39.9 Å². The predicted octanol–water partition coefficient (Wildman–Crippen LogP) is 2.18. The van der Waals surface area contributed by atoms with Gasteiger partial charge in [-0.05, 0) is 11.8 Å². The van der Waals surface area contributed by atoms with Gasteiger partial charge in [-0.1, -0.05) is 27.7 Å². The van der Waals surface area contributed by atoms with Gasteiger partial charge in [-0.25, -0.2) is 4.98 Å². The Kier molecular flexibility index (Phi) is 4.10. The van der Waals surface area contributed by atoms with Crippen molar-refractivity contribution in [1.29, 1.82) is 0 Å². The van der Waals surface area contributed by atoms with Crippen molar-refractivity contribution < 1.29 is 0 Å². The summed E-state index contributed by atoms with van der Waals surface area (Å²) in [6.07, 6.45) is 1.83. The first kappa shape index (κ1) is 12.7. The molecule has 2 N–H and O–H groups in total. The first-order chi connectivity index (χ1) is 7.46. The summed E-state index contributed by atoms with van der Waals surface area (Å²) in [5.41, 5.74) is 0.125. The summed E-state index contributed by atoms with van der Waals surface area (Å²) < 4.78 is 0. The van der Waals surface area contributed by atoms with Crippen molar-refractivity contribution in [2.75, 3.05) is 11.9 Å². The third-order valence-electron chi connectivity index (χ3n) is 2.83. The van der Waals surface area contributed by atoms with Crippen LogP contribution < -0.4 is 10.9 Å². The molecule has 90 valence electrons. The lowest BCUT2D eigenvalue weighted by Gasteiger charge is -2.23. The molecule has 0 bridgehead atoms. The lowest BCUT2D eigenvalue weighted by Crippen LogP contribution is -2.23. The number of nitrogens with one attached hydrogen (secondary N) is 2. The lowest BCUT2D eigenvalue weighted by atomic mass is 9.90. The van der Waals surface area contributed by atoms with E-state index in [1.165, 1.54) is 6.07 Å². The molecule has 0 fully saturated rings. The molecule has 0 saturated heterocycles. The molecule has 0 saturated carbocycles. The molecule has 1 aromatic heterocycles. The van der Waals surface area contributed by atoms with Crippen LogP contribution in [0.15, 0.2) is 10.9 Å². The largest absolute Gasteiger partial charge is 0.369 e. The molecule has 0 amide bonds. The van der Waals surface area contributed by atoms with Crippen molar-refractivity contribution in [3.8, 4) is 0 Å². The standard InChI is InChI=1S/C12H21N3O/c1-5-9-14-10(7-11(16)15-9)13-8-12(3,4)6-2/h7H,5-6,8H2,1-4H3,(H2,13,14,15,16). The van der Waals surface area contributed by atoms with Crippen LogP contribution in [0, 0.1) is 5.41 Å². The number of H-pyrrole nitrogens is 1. The monoisotopic (exact) mass is 223 g/mol. The number of rotatable bonds is 5. The molecule has 1 heterocycles. The zero-order chi connectivity index (χ0) is 12.2. The first-order valence-corrected chi connectivity index (χ1v) is 5.81. The Labute approximate surface area is 96.5 Å². The maximum absolute atomic E-state index is 11.3. The number of aryl methyl sites for hydroxylation is 1. The van der Waals surface area contributed by atoms with Gasteiger partial charge in [0.25, 0.3) is 5.56 Å². The van der Waals surface area contributed by atoms with E-state index in [0.717, 1.165) is 25.2 Å². The second-order valence-corrected chi connectivity index (χ2v) is 4.80. The molecule has 0 aliphatic carbocycles. The minimum atomic E-state index is -0.0938. The average Bonchev–Trinajstić information content (AvgIpc) is 2.26. The van der Waals surface area contributed by atoms with Gasteiger partial charge in [0.05, 0.1) is 0 Å². The molecule has 0 atom stereocenters. The van der Waals surface area contributed by atoms with Crippen LogP contribution in [-0.4, -0.2) is 16.5 Å². The van der Waals surface area contributed by atoms with Crippen molar-refractivity contribution in [1.82, 2.24) is 9.97 Å². The molecular weight excluding hydrogens is 202 g/mol. The van der Waals surface area contributed by atoms with Gasteiger partial charge < -0.3 is 10.3 Å². The zero-order valence-electron chi connectivity index (χ0n) is 10.6. The quantitative estimate of drug-likeness (QED) is 0.804. The molecule has 0 unspecified atom stereocenters. The minimum Gasteiger partial charge on any atom is -0.369 e. The van der Waals surface area contributed by atoms with Crippen LogP contribution in [0.25, 0.3) is 0 Å². The molecular formula is C12H21N3O. The third kappa shape index (κ3) is 3.68. The Morgan fingerprint density at radius 3 is 2.69 bits per heavy atom. The topological polar surface area (TPSA) is 57.8 Å². The van der Waals surface area contributed by atoms with E-state index in [2.05, 4.69) is 36.1 Å². The SMILES string of the molecule is CCc1nc(NCC(C)(C)CC)cc(=O)[nH]1. The van der Waals surface area contributed by atoms with Gasteiger partial charge in [-0.3, -0.25) is 4.79 Å². The highest BCUT2D eigenvalue weighted by Gasteiger charge is 2.14. The summed E-state index contributed by atoms with van der Waals surface area (Å²) in [5.74, 6) is 1.39. The van der Waals surface area contributed by atoms with Crippen LogP contribution in [0.4, 0.5) is 5.82 Å². The smallest absolute Gasteiger partial charge is 0.252 e. The van der Waals surface area contributed by atoms with Gasteiger partial charge in [-0.2, -0.15) is 0 Å². The van der Waals surface area contributed by atoms with Gasteiger partial charge in [-0.15, -0.1) is 0 Å². The minimum absolute atomic E-state index is 0.0938. The maximum Gasteiger partial charge on any atom is 0.252 e. The van der Waals surface area contributed by atoms with Gasteiger partial charge in [0.1, 0.15) is 11.6 Å². The van der Waals surface area contributed by atoms with Crippen molar-refractivity contribution in [3.63, 3.8) is 0 Å².